The maximum atomic E-state index is 12.9. The zero-order valence-corrected chi connectivity index (χ0v) is 18.1. The number of hydrogen-bond donors (Lipinski definition) is 2. The fourth-order valence-corrected chi connectivity index (χ4v) is 4.83. The standard InChI is InChI=1S/C20H20N4O3S2/c1-5-27-20(26)15-10(4)12(8-21)19(28-15)24-17(25)16-14(22)11-6-7-13(9(2)3)23-18(11)29-16/h6-7,9H,5,22H2,1-4H3,(H,24,25). The average molecular weight is 429 g/mol. The number of nitriles is 1. The van der Waals surface area contributed by atoms with Gasteiger partial charge in [0.2, 0.25) is 0 Å². The Morgan fingerprint density at radius 2 is 2.03 bits per heavy atom. The lowest BCUT2D eigenvalue weighted by Crippen LogP contribution is -2.11. The highest BCUT2D eigenvalue weighted by atomic mass is 32.1. The maximum absolute atomic E-state index is 12.9. The van der Waals surface area contributed by atoms with Crippen LogP contribution in [0, 0.1) is 18.3 Å². The Hall–Kier alpha value is -2.96. The maximum Gasteiger partial charge on any atom is 0.348 e. The third-order valence-electron chi connectivity index (χ3n) is 4.36. The van der Waals surface area contributed by atoms with E-state index in [0.717, 1.165) is 22.4 Å². The van der Waals surface area contributed by atoms with E-state index in [0.29, 0.717) is 30.8 Å². The molecule has 7 nitrogen and oxygen atoms in total. The molecule has 150 valence electrons. The van der Waals surface area contributed by atoms with Crippen molar-refractivity contribution in [3.63, 3.8) is 0 Å². The van der Waals surface area contributed by atoms with E-state index in [4.69, 9.17) is 10.5 Å². The first kappa shape index (κ1) is 20.8. The summed E-state index contributed by atoms with van der Waals surface area (Å²) in [6.07, 6.45) is 0. The van der Waals surface area contributed by atoms with Crippen LogP contribution in [0.1, 0.15) is 62.9 Å². The summed E-state index contributed by atoms with van der Waals surface area (Å²) in [7, 11) is 0. The first-order valence-corrected chi connectivity index (χ1v) is 10.6. The number of esters is 1. The number of nitrogens with one attached hydrogen (secondary N) is 1. The van der Waals surface area contributed by atoms with Crippen molar-refractivity contribution < 1.29 is 14.3 Å². The molecule has 0 radical (unpaired) electrons. The second-order valence-electron chi connectivity index (χ2n) is 6.64. The van der Waals surface area contributed by atoms with E-state index in [9.17, 15) is 14.9 Å². The normalized spacial score (nSPS) is 10.9. The van der Waals surface area contributed by atoms with Crippen LogP contribution in [0.4, 0.5) is 10.7 Å². The van der Waals surface area contributed by atoms with Gasteiger partial charge in [0.15, 0.2) is 0 Å². The van der Waals surface area contributed by atoms with Crippen LogP contribution in [0.25, 0.3) is 10.2 Å². The Morgan fingerprint density at radius 3 is 2.66 bits per heavy atom. The van der Waals surface area contributed by atoms with Gasteiger partial charge in [0.1, 0.15) is 25.7 Å². The molecule has 1 amide bonds. The Labute approximate surface area is 176 Å². The number of amides is 1. The van der Waals surface area contributed by atoms with Crippen LogP contribution < -0.4 is 11.1 Å². The van der Waals surface area contributed by atoms with Crippen molar-refractivity contribution in [1.29, 1.82) is 5.26 Å². The van der Waals surface area contributed by atoms with Gasteiger partial charge in [0, 0.05) is 11.1 Å². The van der Waals surface area contributed by atoms with Crippen molar-refractivity contribution in [3.8, 4) is 6.07 Å². The second kappa shape index (κ2) is 8.19. The number of aromatic nitrogens is 1. The topological polar surface area (TPSA) is 118 Å². The van der Waals surface area contributed by atoms with Crippen molar-refractivity contribution in [3.05, 3.63) is 38.7 Å². The van der Waals surface area contributed by atoms with Crippen LogP contribution in [0.2, 0.25) is 0 Å². The third-order valence-corrected chi connectivity index (χ3v) is 6.66. The van der Waals surface area contributed by atoms with Gasteiger partial charge in [0.25, 0.3) is 5.91 Å². The first-order chi connectivity index (χ1) is 13.8. The molecular formula is C20H20N4O3S2. The molecule has 9 heteroatoms. The van der Waals surface area contributed by atoms with E-state index in [1.54, 1.807) is 13.8 Å². The van der Waals surface area contributed by atoms with E-state index >= 15 is 0 Å². The number of hydrogen-bond acceptors (Lipinski definition) is 8. The number of fused-ring (bicyclic) bond motifs is 1. The van der Waals surface area contributed by atoms with E-state index in [2.05, 4.69) is 10.3 Å². The number of anilines is 2. The molecule has 0 unspecified atom stereocenters. The van der Waals surface area contributed by atoms with Crippen LogP contribution in [0.3, 0.4) is 0 Å². The minimum atomic E-state index is -0.515. The number of carbonyl (C=O) groups excluding carboxylic acids is 2. The lowest BCUT2D eigenvalue weighted by Gasteiger charge is -2.03. The van der Waals surface area contributed by atoms with Crippen LogP contribution in [0.15, 0.2) is 12.1 Å². The number of nitrogens with two attached hydrogens (primary N) is 1. The summed E-state index contributed by atoms with van der Waals surface area (Å²) in [4.78, 5) is 30.9. The molecule has 0 aliphatic heterocycles. The third kappa shape index (κ3) is 3.81. The number of carbonyl (C=O) groups is 2. The minimum absolute atomic E-state index is 0.226. The summed E-state index contributed by atoms with van der Waals surface area (Å²) in [5.74, 6) is -0.697. The quantitative estimate of drug-likeness (QED) is 0.570. The van der Waals surface area contributed by atoms with Crippen molar-refractivity contribution >= 4 is 55.5 Å². The fourth-order valence-electron chi connectivity index (χ4n) is 2.79. The zero-order valence-electron chi connectivity index (χ0n) is 16.5. The molecule has 0 aliphatic rings. The molecule has 3 aromatic heterocycles. The molecule has 29 heavy (non-hydrogen) atoms. The predicted octanol–water partition coefficient (Wildman–Crippen LogP) is 4.67. The summed E-state index contributed by atoms with van der Waals surface area (Å²) < 4.78 is 5.02. The van der Waals surface area contributed by atoms with Gasteiger partial charge in [-0.2, -0.15) is 5.26 Å². The predicted molar refractivity (Wildman–Crippen MR) is 116 cm³/mol. The highest BCUT2D eigenvalue weighted by Crippen LogP contribution is 2.37. The minimum Gasteiger partial charge on any atom is -0.462 e. The summed E-state index contributed by atoms with van der Waals surface area (Å²) in [5, 5.41) is 13.2. The molecule has 0 saturated carbocycles. The second-order valence-corrected chi connectivity index (χ2v) is 8.65. The molecule has 0 aromatic carbocycles. The Balaban J connectivity index is 1.96. The van der Waals surface area contributed by atoms with Gasteiger partial charge in [-0.3, -0.25) is 4.79 Å². The van der Waals surface area contributed by atoms with E-state index < -0.39 is 11.9 Å². The van der Waals surface area contributed by atoms with Crippen molar-refractivity contribution in [2.24, 2.45) is 0 Å². The van der Waals surface area contributed by atoms with Crippen molar-refractivity contribution in [2.45, 2.75) is 33.6 Å². The number of ether oxygens (including phenoxy) is 1. The monoisotopic (exact) mass is 428 g/mol. The van der Waals surface area contributed by atoms with Gasteiger partial charge in [-0.15, -0.1) is 22.7 Å². The van der Waals surface area contributed by atoms with Gasteiger partial charge >= 0.3 is 5.97 Å². The Bertz CT molecular complexity index is 1150. The van der Waals surface area contributed by atoms with Gasteiger partial charge in [-0.05, 0) is 37.5 Å². The summed E-state index contributed by atoms with van der Waals surface area (Å²) in [5.41, 5.74) is 8.19. The smallest absolute Gasteiger partial charge is 0.348 e. The van der Waals surface area contributed by atoms with Gasteiger partial charge in [-0.1, -0.05) is 13.8 Å². The lowest BCUT2D eigenvalue weighted by atomic mass is 10.1. The SMILES string of the molecule is CCOC(=O)c1sc(NC(=O)c2sc3nc(C(C)C)ccc3c2N)c(C#N)c1C. The van der Waals surface area contributed by atoms with E-state index in [1.807, 2.05) is 32.0 Å². The molecule has 0 fully saturated rings. The van der Waals surface area contributed by atoms with Crippen LogP contribution in [-0.2, 0) is 4.74 Å². The highest BCUT2D eigenvalue weighted by Gasteiger charge is 2.24. The van der Waals surface area contributed by atoms with Crippen molar-refractivity contribution in [1.82, 2.24) is 4.98 Å². The van der Waals surface area contributed by atoms with Crippen molar-refractivity contribution in [2.75, 3.05) is 17.7 Å². The number of nitrogens with zero attached hydrogens (tertiary/aromatic N) is 2. The Kier molecular flexibility index (Phi) is 5.86. The molecule has 0 aliphatic carbocycles. The lowest BCUT2D eigenvalue weighted by molar-refractivity contribution is 0.0531. The van der Waals surface area contributed by atoms with E-state index in [1.165, 1.54) is 11.3 Å². The molecule has 0 saturated heterocycles. The van der Waals surface area contributed by atoms with E-state index in [-0.39, 0.29) is 18.1 Å². The van der Waals surface area contributed by atoms with Crippen LogP contribution in [0.5, 0.6) is 0 Å². The first-order valence-electron chi connectivity index (χ1n) is 8.99. The molecular weight excluding hydrogens is 408 g/mol. The zero-order chi connectivity index (χ0) is 21.3. The number of rotatable bonds is 5. The number of pyridine rings is 1. The molecule has 3 heterocycles. The summed E-state index contributed by atoms with van der Waals surface area (Å²) in [6, 6.07) is 5.82. The summed E-state index contributed by atoms with van der Waals surface area (Å²) >= 11 is 2.22. The molecule has 0 bridgehead atoms. The molecule has 3 rings (SSSR count). The Morgan fingerprint density at radius 1 is 1.31 bits per heavy atom. The summed E-state index contributed by atoms with van der Waals surface area (Å²) in [6.45, 7) is 7.67. The number of thiophene rings is 2. The van der Waals surface area contributed by atoms with Gasteiger partial charge in [0.05, 0.1) is 17.9 Å². The molecule has 3 aromatic rings. The molecule has 0 atom stereocenters. The molecule has 0 spiro atoms. The van der Waals surface area contributed by atoms with Gasteiger partial charge < -0.3 is 15.8 Å². The van der Waals surface area contributed by atoms with Crippen LogP contribution in [-0.4, -0.2) is 23.5 Å². The van der Waals surface area contributed by atoms with Gasteiger partial charge in [-0.25, -0.2) is 9.78 Å². The highest BCUT2D eigenvalue weighted by molar-refractivity contribution is 7.21. The number of nitrogen functional groups attached to an aromatic ring is 1. The average Bonchev–Trinajstić information content (AvgIpc) is 3.18. The van der Waals surface area contributed by atoms with Crippen LogP contribution >= 0.6 is 22.7 Å². The largest absolute Gasteiger partial charge is 0.462 e. The molecule has 3 N–H and O–H groups in total. The fraction of sp³-hybridized carbons (Fsp3) is 0.300.